The van der Waals surface area contributed by atoms with Gasteiger partial charge in [-0.15, -0.1) is 0 Å². The molecule has 1 amide bonds. The lowest BCUT2D eigenvalue weighted by atomic mass is 10.1. The summed E-state index contributed by atoms with van der Waals surface area (Å²) in [4.78, 5) is 14.1. The Balaban J connectivity index is 2.20. The van der Waals surface area contributed by atoms with E-state index in [9.17, 15) is 13.2 Å². The van der Waals surface area contributed by atoms with Gasteiger partial charge in [-0.3, -0.25) is 4.79 Å². The molecule has 0 aliphatic carbocycles. The highest BCUT2D eigenvalue weighted by atomic mass is 35.5. The molecule has 2 rings (SSSR count). The number of carbonyl (C=O) groups excluding carboxylic acids is 1. The molecule has 7 heteroatoms. The van der Waals surface area contributed by atoms with Crippen molar-refractivity contribution in [2.75, 3.05) is 7.05 Å². The Morgan fingerprint density at radius 2 is 1.61 bits per heavy atom. The fourth-order valence-corrected chi connectivity index (χ4v) is 2.77. The van der Waals surface area contributed by atoms with E-state index < -0.39 is 10.0 Å². The van der Waals surface area contributed by atoms with Crippen molar-refractivity contribution in [3.05, 3.63) is 64.7 Å². The van der Waals surface area contributed by atoms with Crippen molar-refractivity contribution in [2.24, 2.45) is 5.14 Å². The molecule has 1 atom stereocenters. The van der Waals surface area contributed by atoms with Crippen LogP contribution in [0.2, 0.25) is 5.02 Å². The van der Waals surface area contributed by atoms with Gasteiger partial charge in [-0.25, -0.2) is 13.6 Å². The lowest BCUT2D eigenvalue weighted by Crippen LogP contribution is -2.29. The lowest BCUT2D eigenvalue weighted by molar-refractivity contribution is 0.0742. The number of nitrogens with two attached hydrogens (primary N) is 1. The first-order chi connectivity index (χ1) is 10.7. The molecular weight excluding hydrogens is 336 g/mol. The van der Waals surface area contributed by atoms with E-state index in [0.717, 1.165) is 5.56 Å². The van der Waals surface area contributed by atoms with Crippen LogP contribution in [0.3, 0.4) is 0 Å². The molecule has 5 nitrogen and oxygen atoms in total. The molecule has 0 bridgehead atoms. The minimum absolute atomic E-state index is 0.0418. The van der Waals surface area contributed by atoms with Crippen molar-refractivity contribution in [1.29, 1.82) is 0 Å². The molecule has 0 fully saturated rings. The molecule has 122 valence electrons. The molecule has 0 unspecified atom stereocenters. The number of amides is 1. The summed E-state index contributed by atoms with van der Waals surface area (Å²) in [6.07, 6.45) is 0. The van der Waals surface area contributed by atoms with E-state index in [2.05, 4.69) is 0 Å². The lowest BCUT2D eigenvalue weighted by Gasteiger charge is -2.25. The van der Waals surface area contributed by atoms with E-state index in [1.54, 1.807) is 48.3 Å². The normalized spacial score (nSPS) is 12.7. The van der Waals surface area contributed by atoms with Crippen molar-refractivity contribution >= 4 is 27.5 Å². The molecule has 0 heterocycles. The summed E-state index contributed by atoms with van der Waals surface area (Å²) < 4.78 is 22.5. The van der Waals surface area contributed by atoms with Crippen molar-refractivity contribution in [3.63, 3.8) is 0 Å². The standard InChI is InChI=1S/C16H17ClN2O3S/c1-11(12-5-9-15(10-6-12)23(18,21)22)19(2)16(20)13-3-7-14(17)8-4-13/h3-11H,1-2H3,(H2,18,21,22)/t11-/m1/s1. The summed E-state index contributed by atoms with van der Waals surface area (Å²) in [5.74, 6) is -0.148. The second kappa shape index (κ2) is 6.70. The van der Waals surface area contributed by atoms with Gasteiger partial charge < -0.3 is 4.90 Å². The molecule has 2 aromatic carbocycles. The fraction of sp³-hybridized carbons (Fsp3) is 0.188. The molecule has 0 aromatic heterocycles. The van der Waals surface area contributed by atoms with E-state index in [1.807, 2.05) is 6.92 Å². The van der Waals surface area contributed by atoms with E-state index in [0.29, 0.717) is 10.6 Å². The maximum Gasteiger partial charge on any atom is 0.254 e. The number of rotatable bonds is 4. The Hall–Kier alpha value is -1.89. The zero-order valence-electron chi connectivity index (χ0n) is 12.7. The Labute approximate surface area is 140 Å². The van der Waals surface area contributed by atoms with E-state index >= 15 is 0 Å². The maximum atomic E-state index is 12.5. The molecule has 0 aliphatic rings. The molecule has 2 N–H and O–H groups in total. The molecule has 0 saturated carbocycles. The van der Waals surface area contributed by atoms with Crippen LogP contribution < -0.4 is 5.14 Å². The van der Waals surface area contributed by atoms with Crippen molar-refractivity contribution in [1.82, 2.24) is 4.90 Å². The summed E-state index contributed by atoms with van der Waals surface area (Å²) in [5, 5.41) is 5.64. The minimum atomic E-state index is -3.72. The number of halogens is 1. The Bertz CT molecular complexity index is 802. The molecule has 23 heavy (non-hydrogen) atoms. The zero-order chi connectivity index (χ0) is 17.2. The monoisotopic (exact) mass is 352 g/mol. The van der Waals surface area contributed by atoms with Gasteiger partial charge >= 0.3 is 0 Å². The second-order valence-electron chi connectivity index (χ2n) is 5.21. The first-order valence-electron chi connectivity index (χ1n) is 6.85. The summed E-state index contributed by atoms with van der Waals surface area (Å²) >= 11 is 5.82. The third-order valence-electron chi connectivity index (χ3n) is 3.68. The zero-order valence-corrected chi connectivity index (χ0v) is 14.3. The van der Waals surface area contributed by atoms with Crippen molar-refractivity contribution in [3.8, 4) is 0 Å². The average Bonchev–Trinajstić information content (AvgIpc) is 2.53. The highest BCUT2D eigenvalue weighted by molar-refractivity contribution is 7.89. The SMILES string of the molecule is C[C@H](c1ccc(S(N)(=O)=O)cc1)N(C)C(=O)c1ccc(Cl)cc1. The van der Waals surface area contributed by atoms with Crippen LogP contribution in [0.1, 0.15) is 28.9 Å². The molecular formula is C16H17ClN2O3S. The van der Waals surface area contributed by atoms with Gasteiger partial charge in [0, 0.05) is 17.6 Å². The molecule has 0 aliphatic heterocycles. The topological polar surface area (TPSA) is 80.5 Å². The predicted octanol–water partition coefficient (Wildman–Crippen LogP) is 2.82. The highest BCUT2D eigenvalue weighted by Gasteiger charge is 2.19. The van der Waals surface area contributed by atoms with Crippen LogP contribution in [0.5, 0.6) is 0 Å². The number of sulfonamides is 1. The van der Waals surface area contributed by atoms with E-state index in [1.165, 1.54) is 12.1 Å². The quantitative estimate of drug-likeness (QED) is 0.918. The van der Waals surface area contributed by atoms with Gasteiger partial charge in [-0.1, -0.05) is 23.7 Å². The average molecular weight is 353 g/mol. The number of hydrogen-bond donors (Lipinski definition) is 1. The first kappa shape index (κ1) is 17.5. The summed E-state index contributed by atoms with van der Waals surface area (Å²) in [7, 11) is -2.03. The van der Waals surface area contributed by atoms with Gasteiger partial charge in [0.15, 0.2) is 0 Å². The Kier molecular flexibility index (Phi) is 5.09. The van der Waals surface area contributed by atoms with Crippen LogP contribution in [-0.4, -0.2) is 26.3 Å². The number of hydrogen-bond acceptors (Lipinski definition) is 3. The number of carbonyl (C=O) groups is 1. The third kappa shape index (κ3) is 4.10. The molecule has 0 spiro atoms. The number of primary sulfonamides is 1. The summed E-state index contributed by atoms with van der Waals surface area (Å²) in [6.45, 7) is 1.86. The second-order valence-corrected chi connectivity index (χ2v) is 7.21. The van der Waals surface area contributed by atoms with Crippen molar-refractivity contribution < 1.29 is 13.2 Å². The van der Waals surface area contributed by atoms with Gasteiger partial charge in [-0.2, -0.15) is 0 Å². The largest absolute Gasteiger partial charge is 0.335 e. The maximum absolute atomic E-state index is 12.5. The smallest absolute Gasteiger partial charge is 0.254 e. The fourth-order valence-electron chi connectivity index (χ4n) is 2.13. The predicted molar refractivity (Wildman–Crippen MR) is 89.8 cm³/mol. The Morgan fingerprint density at radius 1 is 1.09 bits per heavy atom. The van der Waals surface area contributed by atoms with Crippen LogP contribution in [0, 0.1) is 0 Å². The molecule has 2 aromatic rings. The summed E-state index contributed by atoms with van der Waals surface area (Å²) in [5.41, 5.74) is 1.34. The van der Waals surface area contributed by atoms with Crippen molar-refractivity contribution in [2.45, 2.75) is 17.9 Å². The highest BCUT2D eigenvalue weighted by Crippen LogP contribution is 2.22. The van der Waals surface area contributed by atoms with Gasteiger partial charge in [0.2, 0.25) is 10.0 Å². The number of nitrogens with zero attached hydrogens (tertiary/aromatic N) is 1. The molecule has 0 radical (unpaired) electrons. The summed E-state index contributed by atoms with van der Waals surface area (Å²) in [6, 6.07) is 12.6. The number of benzene rings is 2. The van der Waals surface area contributed by atoms with Gasteiger partial charge in [-0.05, 0) is 48.9 Å². The van der Waals surface area contributed by atoms with E-state index in [-0.39, 0.29) is 16.8 Å². The van der Waals surface area contributed by atoms with Crippen LogP contribution in [-0.2, 0) is 10.0 Å². The van der Waals surface area contributed by atoms with Gasteiger partial charge in [0.05, 0.1) is 10.9 Å². The minimum Gasteiger partial charge on any atom is -0.335 e. The first-order valence-corrected chi connectivity index (χ1v) is 8.78. The molecule has 0 saturated heterocycles. The van der Waals surface area contributed by atoms with Crippen LogP contribution in [0.25, 0.3) is 0 Å². The third-order valence-corrected chi connectivity index (χ3v) is 4.86. The van der Waals surface area contributed by atoms with Gasteiger partial charge in [0.1, 0.15) is 0 Å². The van der Waals surface area contributed by atoms with Crippen LogP contribution in [0.4, 0.5) is 0 Å². The van der Waals surface area contributed by atoms with Gasteiger partial charge in [0.25, 0.3) is 5.91 Å². The van der Waals surface area contributed by atoms with Crippen LogP contribution in [0.15, 0.2) is 53.4 Å². The Morgan fingerprint density at radius 3 is 2.09 bits per heavy atom. The van der Waals surface area contributed by atoms with Crippen LogP contribution >= 0.6 is 11.6 Å². The van der Waals surface area contributed by atoms with E-state index in [4.69, 9.17) is 16.7 Å².